The topological polar surface area (TPSA) is 249 Å². The minimum atomic E-state index is -4.60. The molecule has 2 atom stereocenters. The van der Waals surface area contributed by atoms with Crippen molar-refractivity contribution in [3.8, 4) is 11.8 Å². The molecular formula is C49H60BN5O13S2. The van der Waals surface area contributed by atoms with Gasteiger partial charge in [0.05, 0.1) is 23.3 Å². The van der Waals surface area contributed by atoms with Gasteiger partial charge in [0.15, 0.2) is 0 Å². The lowest BCUT2D eigenvalue weighted by Crippen LogP contribution is -2.38. The van der Waals surface area contributed by atoms with E-state index in [4.69, 9.17) is 14.7 Å². The van der Waals surface area contributed by atoms with E-state index in [9.17, 15) is 51.2 Å². The summed E-state index contributed by atoms with van der Waals surface area (Å²) in [6.45, 7) is 6.78. The summed E-state index contributed by atoms with van der Waals surface area (Å²) in [6.07, 6.45) is 19.5. The summed E-state index contributed by atoms with van der Waals surface area (Å²) in [5.41, 5.74) is 3.63. The number of likely N-dealkylation sites (N-methyl/N-ethyl adjacent to an activating group) is 1. The van der Waals surface area contributed by atoms with Crippen LogP contribution in [0.15, 0.2) is 136 Å². The van der Waals surface area contributed by atoms with Crippen molar-refractivity contribution < 1.29 is 60.9 Å². The van der Waals surface area contributed by atoms with Gasteiger partial charge in [-0.05, 0) is 91.2 Å². The maximum absolute atomic E-state index is 13.2. The van der Waals surface area contributed by atoms with Crippen LogP contribution in [-0.4, -0.2) is 126 Å². The van der Waals surface area contributed by atoms with Crippen molar-refractivity contribution in [1.29, 1.82) is 0 Å². The van der Waals surface area contributed by atoms with E-state index in [-0.39, 0.29) is 28.4 Å². The quantitative estimate of drug-likeness (QED) is 0.0328. The summed E-state index contributed by atoms with van der Waals surface area (Å²) >= 11 is 0. The first-order valence-corrected chi connectivity index (χ1v) is 26.1. The Bertz CT molecular complexity index is 2900. The Morgan fingerprint density at radius 3 is 2.27 bits per heavy atom. The van der Waals surface area contributed by atoms with Crippen molar-refractivity contribution >= 4 is 55.8 Å². The van der Waals surface area contributed by atoms with Crippen LogP contribution in [-0.2, 0) is 46.2 Å². The van der Waals surface area contributed by atoms with Crippen molar-refractivity contribution in [3.05, 3.63) is 137 Å². The number of carbonyl (C=O) groups is 2. The first-order chi connectivity index (χ1) is 32.9. The molecule has 6 rings (SSSR count). The van der Waals surface area contributed by atoms with E-state index in [0.29, 0.717) is 66.7 Å². The lowest BCUT2D eigenvalue weighted by molar-refractivity contribution is -0.163. The van der Waals surface area contributed by atoms with Gasteiger partial charge in [0.1, 0.15) is 16.0 Å². The Labute approximate surface area is 409 Å². The molecule has 4 heterocycles. The number of fused-ring (bicyclic) bond motifs is 2. The highest BCUT2D eigenvalue weighted by Crippen LogP contribution is 2.51. The molecule has 3 aliphatic heterocycles. The monoisotopic (exact) mass is 1000 g/mol. The van der Waals surface area contributed by atoms with Crippen LogP contribution in [0.4, 0.5) is 5.69 Å². The molecule has 2 aromatic carbocycles. The smallest absolute Gasteiger partial charge is 0.488 e. The number of hydrogen-bond acceptors (Lipinski definition) is 15. The van der Waals surface area contributed by atoms with E-state index < -0.39 is 61.8 Å². The molecule has 0 fully saturated rings. The van der Waals surface area contributed by atoms with Crippen molar-refractivity contribution in [2.45, 2.75) is 75.8 Å². The Kier molecular flexibility index (Phi) is 16.6. The Morgan fingerprint density at radius 1 is 0.900 bits per heavy atom. The zero-order valence-electron chi connectivity index (χ0n) is 40.0. The normalized spacial score (nSPS) is 19.5. The van der Waals surface area contributed by atoms with Gasteiger partial charge in [-0.2, -0.15) is 8.42 Å². The molecule has 1 amide bonds. The molecule has 21 heteroatoms. The maximum atomic E-state index is 13.2. The van der Waals surface area contributed by atoms with E-state index in [0.717, 1.165) is 27.6 Å². The average molecular weight is 1000 g/mol. The highest BCUT2D eigenvalue weighted by Gasteiger charge is 2.45. The second kappa shape index (κ2) is 21.8. The number of sulfone groups is 1. The first-order valence-electron chi connectivity index (χ1n) is 22.6. The van der Waals surface area contributed by atoms with Crippen molar-refractivity contribution in [1.82, 2.24) is 14.7 Å². The third-order valence-corrected chi connectivity index (χ3v) is 14.5. The SMILES string of the molecule is CON(C)C(=O)C1=CN(CCCS(C)(=O)=O)C2N=C(C=CC=CC=CC=C3N(CCCCCC(=O)On4c(O)ccc4O)c4ccc(S(=O)(=O)O)cc4C3(C)Cc3cccc(B(O)O)c3)C(C)(C)C2=C1. The molecule has 0 bridgehead atoms. The van der Waals surface area contributed by atoms with E-state index in [1.54, 1.807) is 30.5 Å². The fourth-order valence-corrected chi connectivity index (χ4v) is 10.0. The van der Waals surface area contributed by atoms with Crippen LogP contribution < -0.4 is 15.2 Å². The number of hydroxylamine groups is 2. The number of rotatable bonds is 21. The zero-order valence-corrected chi connectivity index (χ0v) is 41.6. The number of amides is 1. The third-order valence-electron chi connectivity index (χ3n) is 12.6. The van der Waals surface area contributed by atoms with Crippen LogP contribution in [0, 0.1) is 5.41 Å². The Morgan fingerprint density at radius 2 is 1.60 bits per heavy atom. The zero-order chi connectivity index (χ0) is 51.2. The van der Waals surface area contributed by atoms with Gasteiger partial charge in [-0.25, -0.2) is 18.3 Å². The number of hydrogen-bond donors (Lipinski definition) is 5. The number of anilines is 1. The fourth-order valence-electron chi connectivity index (χ4n) is 8.86. The molecule has 0 spiro atoms. The summed E-state index contributed by atoms with van der Waals surface area (Å²) in [6, 6.07) is 13.6. The van der Waals surface area contributed by atoms with Crippen LogP contribution in [0.1, 0.15) is 64.0 Å². The third kappa shape index (κ3) is 12.4. The molecule has 5 N–H and O–H groups in total. The van der Waals surface area contributed by atoms with E-state index in [1.807, 2.05) is 80.3 Å². The number of aromatic nitrogens is 1. The molecule has 1 aromatic heterocycles. The number of unbranched alkanes of at least 4 members (excludes halogenated alkanes) is 2. The van der Waals surface area contributed by atoms with Crippen LogP contribution in [0.3, 0.4) is 0 Å². The molecule has 0 saturated heterocycles. The van der Waals surface area contributed by atoms with Crippen molar-refractivity contribution in [3.63, 3.8) is 0 Å². The molecule has 2 unspecified atom stereocenters. The maximum Gasteiger partial charge on any atom is 0.488 e. The van der Waals surface area contributed by atoms with Crippen molar-refractivity contribution in [2.24, 2.45) is 10.4 Å². The fraction of sp³-hybridized carbons (Fsp3) is 0.367. The first kappa shape index (κ1) is 53.1. The summed E-state index contributed by atoms with van der Waals surface area (Å²) in [7, 11) is -6.61. The minimum absolute atomic E-state index is 0.00320. The van der Waals surface area contributed by atoms with Gasteiger partial charge >= 0.3 is 13.1 Å². The summed E-state index contributed by atoms with van der Waals surface area (Å²) in [5.74, 6) is -1.88. The Hall–Kier alpha value is -6.23. The highest BCUT2D eigenvalue weighted by molar-refractivity contribution is 7.90. The number of allylic oxidation sites excluding steroid dienone is 8. The molecule has 0 saturated carbocycles. The van der Waals surface area contributed by atoms with E-state index in [2.05, 4.69) is 4.90 Å². The lowest BCUT2D eigenvalue weighted by Gasteiger charge is -2.34. The second-order valence-electron chi connectivity index (χ2n) is 18.1. The van der Waals surface area contributed by atoms with E-state index >= 15 is 0 Å². The van der Waals surface area contributed by atoms with Crippen LogP contribution in [0.5, 0.6) is 11.8 Å². The average Bonchev–Trinajstić information content (AvgIpc) is 3.84. The molecule has 70 heavy (non-hydrogen) atoms. The molecule has 18 nitrogen and oxygen atoms in total. The van der Waals surface area contributed by atoms with Gasteiger partial charge in [-0.1, -0.05) is 74.9 Å². The number of nitrogens with zero attached hydrogens (tertiary/aromatic N) is 5. The molecule has 3 aliphatic rings. The van der Waals surface area contributed by atoms with Gasteiger partial charge in [-0.15, -0.1) is 4.73 Å². The van der Waals surface area contributed by atoms with Gasteiger partial charge in [0.25, 0.3) is 16.0 Å². The standard InChI is InChI=1S/C49H60BN5O13S2/c1-48(2)39-30-35(47(59)52(4)67-5)33-53(26-16-28-69(6,62)63)46(39)51-41(48)19-11-8-7-9-12-20-42-49(3,32-34-17-15-18-36(29-34)50(60)61)38-31-37(70(64,65)66)22-23-40(38)54(42)27-14-10-13-21-45(58)68-55-43(56)24-25-44(55)57/h7-9,11-12,15,17-20,22-25,29-31,33,46,56-57,60-61H,10,13-14,16,21,26-28,32H2,1-6H3,(H,64,65,66). The summed E-state index contributed by atoms with van der Waals surface area (Å²) in [4.78, 5) is 44.7. The number of benzene rings is 2. The van der Waals surface area contributed by atoms with Gasteiger partial charge in [0.2, 0.25) is 11.8 Å². The predicted molar refractivity (Wildman–Crippen MR) is 266 cm³/mol. The van der Waals surface area contributed by atoms with Crippen LogP contribution >= 0.6 is 0 Å². The molecular weight excluding hydrogens is 942 g/mol. The van der Waals surface area contributed by atoms with Gasteiger partial charge < -0.3 is 34.9 Å². The highest BCUT2D eigenvalue weighted by atomic mass is 32.2. The molecule has 3 aromatic rings. The van der Waals surface area contributed by atoms with Gasteiger partial charge in [-0.3, -0.25) is 19.2 Å². The van der Waals surface area contributed by atoms with E-state index in [1.165, 1.54) is 44.7 Å². The molecule has 0 aliphatic carbocycles. The Balaban J connectivity index is 1.26. The second-order valence-corrected chi connectivity index (χ2v) is 21.8. The molecule has 374 valence electrons. The summed E-state index contributed by atoms with van der Waals surface area (Å²) < 4.78 is 59.6. The molecule has 0 radical (unpaired) electrons. The van der Waals surface area contributed by atoms with Crippen molar-refractivity contribution in [2.75, 3.05) is 44.2 Å². The summed E-state index contributed by atoms with van der Waals surface area (Å²) in [5, 5.41) is 40.8. The largest absolute Gasteiger partial charge is 0.492 e. The van der Waals surface area contributed by atoms with Gasteiger partial charge in [0, 0.05) is 79.1 Å². The number of carbonyl (C=O) groups excluding carboxylic acids is 2. The minimum Gasteiger partial charge on any atom is -0.492 e. The van der Waals surface area contributed by atoms with Crippen LogP contribution in [0.2, 0.25) is 0 Å². The lowest BCUT2D eigenvalue weighted by atomic mass is 9.74. The number of aliphatic imine (C=N–C) groups is 1. The predicted octanol–water partition coefficient (Wildman–Crippen LogP) is 4.30. The van der Waals surface area contributed by atoms with Crippen LogP contribution in [0.25, 0.3) is 0 Å². The number of aromatic hydroxyl groups is 2.